The molecule has 3 amide bonds. The van der Waals surface area contributed by atoms with E-state index in [1.807, 2.05) is 12.1 Å². The molecule has 2 fully saturated rings. The lowest BCUT2D eigenvalue weighted by atomic mass is 10.0. The van der Waals surface area contributed by atoms with Gasteiger partial charge in [-0.05, 0) is 56.7 Å². The number of amides is 3. The van der Waals surface area contributed by atoms with Crippen LogP contribution in [0.15, 0.2) is 24.3 Å². The van der Waals surface area contributed by atoms with E-state index in [4.69, 9.17) is 4.74 Å². The number of rotatable bonds is 7. The molecule has 3 heterocycles. The van der Waals surface area contributed by atoms with Gasteiger partial charge in [0, 0.05) is 19.6 Å². The molecule has 1 unspecified atom stereocenters. The molecule has 6 nitrogen and oxygen atoms in total. The van der Waals surface area contributed by atoms with Gasteiger partial charge in [-0.25, -0.2) is 4.79 Å². The summed E-state index contributed by atoms with van der Waals surface area (Å²) in [7, 11) is 0. The molecule has 148 valence electrons. The molecule has 27 heavy (non-hydrogen) atoms. The van der Waals surface area contributed by atoms with Crippen molar-refractivity contribution in [2.75, 3.05) is 26.2 Å². The smallest absolute Gasteiger partial charge is 0.327 e. The number of urea groups is 1. The van der Waals surface area contributed by atoms with Crippen LogP contribution in [0.25, 0.3) is 0 Å². The lowest BCUT2D eigenvalue weighted by Gasteiger charge is -2.26. The largest absolute Gasteiger partial charge is 0.489 e. The Kier molecular flexibility index (Phi) is 6.60. The second-order valence-corrected chi connectivity index (χ2v) is 7.42. The third-order valence-electron chi connectivity index (χ3n) is 5.64. The molecule has 3 aliphatic rings. The van der Waals surface area contributed by atoms with E-state index >= 15 is 0 Å². The van der Waals surface area contributed by atoms with Gasteiger partial charge in [-0.1, -0.05) is 18.2 Å². The Morgan fingerprint density at radius 3 is 2.85 bits per heavy atom. The van der Waals surface area contributed by atoms with E-state index in [-0.39, 0.29) is 36.5 Å². The fraction of sp³-hybridized carbons (Fsp3) is 0.600. The van der Waals surface area contributed by atoms with Crippen LogP contribution in [-0.2, 0) is 11.2 Å². The summed E-state index contributed by atoms with van der Waals surface area (Å²) in [6.07, 6.45) is 5.90. The van der Waals surface area contributed by atoms with Crippen LogP contribution in [0, 0.1) is 0 Å². The van der Waals surface area contributed by atoms with Crippen LogP contribution in [0.5, 0.6) is 5.75 Å². The molecular formula is C20H28ClN3O3. The number of aryl methyl sites for hydroxylation is 1. The van der Waals surface area contributed by atoms with Gasteiger partial charge >= 0.3 is 6.03 Å². The number of carbonyl (C=O) groups is 2. The second-order valence-electron chi connectivity index (χ2n) is 7.42. The molecule has 1 N–H and O–H groups in total. The van der Waals surface area contributed by atoms with Crippen molar-refractivity contribution in [2.24, 2.45) is 0 Å². The van der Waals surface area contributed by atoms with Crippen LogP contribution in [-0.4, -0.2) is 60.1 Å². The van der Waals surface area contributed by atoms with Crippen LogP contribution in [0.2, 0.25) is 0 Å². The molecule has 0 radical (unpaired) electrons. The molecular weight excluding hydrogens is 366 g/mol. The summed E-state index contributed by atoms with van der Waals surface area (Å²) in [5.41, 5.74) is 1.30. The van der Waals surface area contributed by atoms with Crippen molar-refractivity contribution < 1.29 is 14.3 Å². The zero-order valence-electron chi connectivity index (χ0n) is 15.6. The van der Waals surface area contributed by atoms with E-state index in [1.54, 1.807) is 4.90 Å². The fourth-order valence-corrected chi connectivity index (χ4v) is 4.19. The average Bonchev–Trinajstić information content (AvgIpc) is 3.23. The van der Waals surface area contributed by atoms with Gasteiger partial charge in [0.1, 0.15) is 17.9 Å². The molecule has 0 spiro atoms. The monoisotopic (exact) mass is 393 g/mol. The zero-order chi connectivity index (χ0) is 17.9. The van der Waals surface area contributed by atoms with Gasteiger partial charge in [-0.15, -0.1) is 12.4 Å². The van der Waals surface area contributed by atoms with E-state index in [0.717, 1.165) is 63.9 Å². The van der Waals surface area contributed by atoms with Crippen molar-refractivity contribution in [2.45, 2.75) is 50.7 Å². The van der Waals surface area contributed by atoms with Crippen molar-refractivity contribution >= 4 is 24.3 Å². The number of benzene rings is 1. The first-order valence-corrected chi connectivity index (χ1v) is 9.81. The second kappa shape index (κ2) is 8.93. The maximum absolute atomic E-state index is 12.3. The number of imide groups is 1. The summed E-state index contributed by atoms with van der Waals surface area (Å²) in [5.74, 6) is 1.02. The molecule has 0 aromatic heterocycles. The summed E-state index contributed by atoms with van der Waals surface area (Å²) in [4.78, 5) is 27.7. The Bertz CT molecular complexity index is 662. The number of halogens is 1. The number of hydrogen-bond donors (Lipinski definition) is 1. The maximum atomic E-state index is 12.3. The maximum Gasteiger partial charge on any atom is 0.327 e. The number of hydrogen-bond acceptors (Lipinski definition) is 4. The van der Waals surface area contributed by atoms with E-state index in [9.17, 15) is 9.59 Å². The number of nitrogens with zero attached hydrogens (tertiary/aromatic N) is 2. The SMILES string of the molecule is Cl.O=C1C2CCCN2C(=O)N1CCCCNC[C@H]1CCc2ccccc2O1. The molecule has 2 saturated heterocycles. The summed E-state index contributed by atoms with van der Waals surface area (Å²) in [5, 5.41) is 3.45. The normalized spacial score (nSPS) is 23.7. The highest BCUT2D eigenvalue weighted by Crippen LogP contribution is 2.28. The van der Waals surface area contributed by atoms with Crippen LogP contribution < -0.4 is 10.1 Å². The predicted molar refractivity (Wildman–Crippen MR) is 105 cm³/mol. The van der Waals surface area contributed by atoms with E-state index in [1.165, 1.54) is 10.5 Å². The standard InChI is InChI=1S/C20H27N3O3.ClH/c24-19-17-7-5-13-22(17)20(25)23(19)12-4-3-11-21-14-16-10-9-15-6-1-2-8-18(15)26-16;/h1-2,6,8,16-17,21H,3-5,7,9-14H2;1H/t16-,17?;/m1./s1. The minimum Gasteiger partial charge on any atom is -0.489 e. The number of fused-ring (bicyclic) bond motifs is 2. The Balaban J connectivity index is 0.00000210. The molecule has 7 heteroatoms. The van der Waals surface area contributed by atoms with Gasteiger partial charge in [0.2, 0.25) is 0 Å². The highest BCUT2D eigenvalue weighted by atomic mass is 35.5. The van der Waals surface area contributed by atoms with E-state index < -0.39 is 0 Å². The molecule has 0 saturated carbocycles. The molecule has 3 aliphatic heterocycles. The molecule has 0 aliphatic carbocycles. The Morgan fingerprint density at radius 1 is 1.15 bits per heavy atom. The number of carbonyl (C=O) groups excluding carboxylic acids is 2. The van der Waals surface area contributed by atoms with Crippen LogP contribution in [0.4, 0.5) is 4.79 Å². The third kappa shape index (κ3) is 4.22. The highest BCUT2D eigenvalue weighted by Gasteiger charge is 2.46. The Labute approximate surface area is 166 Å². The van der Waals surface area contributed by atoms with Crippen LogP contribution in [0.1, 0.15) is 37.7 Å². The van der Waals surface area contributed by atoms with Gasteiger partial charge < -0.3 is 15.0 Å². The summed E-state index contributed by atoms with van der Waals surface area (Å²) in [6.45, 7) is 2.99. The first-order chi connectivity index (χ1) is 12.7. The van der Waals surface area contributed by atoms with Gasteiger partial charge in [0.05, 0.1) is 0 Å². The van der Waals surface area contributed by atoms with Crippen LogP contribution in [0.3, 0.4) is 0 Å². The number of para-hydroxylation sites is 1. The molecule has 1 aromatic carbocycles. The first-order valence-electron chi connectivity index (χ1n) is 9.81. The number of nitrogens with one attached hydrogen (secondary N) is 1. The Morgan fingerprint density at radius 2 is 2.00 bits per heavy atom. The van der Waals surface area contributed by atoms with E-state index in [2.05, 4.69) is 17.4 Å². The van der Waals surface area contributed by atoms with E-state index in [0.29, 0.717) is 6.54 Å². The van der Waals surface area contributed by atoms with Crippen molar-refractivity contribution in [3.63, 3.8) is 0 Å². The van der Waals surface area contributed by atoms with Gasteiger partial charge in [0.15, 0.2) is 0 Å². The summed E-state index contributed by atoms with van der Waals surface area (Å²) in [6, 6.07) is 7.98. The predicted octanol–water partition coefficient (Wildman–Crippen LogP) is 2.60. The lowest BCUT2D eigenvalue weighted by Crippen LogP contribution is -2.36. The number of ether oxygens (including phenoxy) is 1. The average molecular weight is 394 g/mol. The molecule has 4 rings (SSSR count). The van der Waals surface area contributed by atoms with Crippen molar-refractivity contribution in [3.05, 3.63) is 29.8 Å². The summed E-state index contributed by atoms with van der Waals surface area (Å²) >= 11 is 0. The minimum absolute atomic E-state index is 0. The topological polar surface area (TPSA) is 61.9 Å². The van der Waals surface area contributed by atoms with Crippen molar-refractivity contribution in [1.29, 1.82) is 0 Å². The minimum atomic E-state index is -0.174. The third-order valence-corrected chi connectivity index (χ3v) is 5.64. The van der Waals surface area contributed by atoms with Gasteiger partial charge in [-0.2, -0.15) is 0 Å². The van der Waals surface area contributed by atoms with Crippen molar-refractivity contribution in [3.8, 4) is 5.75 Å². The quantitative estimate of drug-likeness (QED) is 0.571. The fourth-order valence-electron chi connectivity index (χ4n) is 4.19. The summed E-state index contributed by atoms with van der Waals surface area (Å²) < 4.78 is 6.02. The zero-order valence-corrected chi connectivity index (χ0v) is 16.4. The Hall–Kier alpha value is -1.79. The lowest BCUT2D eigenvalue weighted by molar-refractivity contribution is -0.128. The molecule has 2 atom stereocenters. The van der Waals surface area contributed by atoms with Crippen molar-refractivity contribution in [1.82, 2.24) is 15.1 Å². The molecule has 0 bridgehead atoms. The van der Waals surface area contributed by atoms with Gasteiger partial charge in [-0.3, -0.25) is 9.69 Å². The van der Waals surface area contributed by atoms with Gasteiger partial charge in [0.25, 0.3) is 5.91 Å². The molecule has 1 aromatic rings. The first kappa shape index (κ1) is 20.0. The van der Waals surface area contributed by atoms with Crippen LogP contribution >= 0.6 is 12.4 Å². The number of unbranched alkanes of at least 4 members (excludes halogenated alkanes) is 1. The highest BCUT2D eigenvalue weighted by molar-refractivity contribution is 6.04.